The number of hydrogen-bond acceptors (Lipinski definition) is 15. The Kier molecular flexibility index (Phi) is 19.9. The first kappa shape index (κ1) is 56.5. The monoisotopic (exact) mass is 1060 g/mol. The van der Waals surface area contributed by atoms with Crippen LogP contribution in [0.5, 0.6) is 17.2 Å². The predicted octanol–water partition coefficient (Wildman–Crippen LogP) is 8.15. The van der Waals surface area contributed by atoms with Crippen molar-refractivity contribution in [1.29, 1.82) is 0 Å². The highest BCUT2D eigenvalue weighted by Gasteiger charge is 2.44. The minimum absolute atomic E-state index is 0.0149. The van der Waals surface area contributed by atoms with Crippen LogP contribution in [0.1, 0.15) is 80.7 Å². The average Bonchev–Trinajstić information content (AvgIpc) is 4.13. The first-order valence-electron chi connectivity index (χ1n) is 25.4. The molecule has 0 bridgehead atoms. The Morgan fingerprint density at radius 2 is 1.43 bits per heavy atom. The van der Waals surface area contributed by atoms with E-state index in [-0.39, 0.29) is 67.7 Å². The highest BCUT2D eigenvalue weighted by molar-refractivity contribution is 7.22. The zero-order valence-electron chi connectivity index (χ0n) is 43.5. The standard InChI is InChI=1S/C57H69N5O11S2/c1-7-61(24-27-73-45-19-14-39(15-20-45)51(67)50-46-21-18-43(64)33-48(46)75-53(50)41-12-16-42(63)17-13-41)23-26-71-29-31-72-30-28-70-25-22-49(66)60-54(57(4,5)6)56(69)62-34-44(65)32-47(62)55(68)59-36(2)38-8-10-40(11-9-38)52-37(3)58-35-74-52/h8-21,33,35-36,44,47,54,63-65H,7,22-32,34H2,1-6H3,(H,59,68)(H,60,66)/t36-,44+,47-,54+/m0/s1. The molecule has 7 rings (SSSR count). The summed E-state index contributed by atoms with van der Waals surface area (Å²) in [7, 11) is 0. The van der Waals surface area contributed by atoms with Gasteiger partial charge in [0.25, 0.3) is 0 Å². The number of thiophene rings is 1. The summed E-state index contributed by atoms with van der Waals surface area (Å²) >= 11 is 2.99. The van der Waals surface area contributed by atoms with Crippen LogP contribution in [0.15, 0.2) is 96.5 Å². The van der Waals surface area contributed by atoms with Gasteiger partial charge in [0.2, 0.25) is 17.7 Å². The summed E-state index contributed by atoms with van der Waals surface area (Å²) in [6, 6.07) is 24.6. The second-order valence-electron chi connectivity index (χ2n) is 19.6. The molecule has 18 heteroatoms. The number of aromatic nitrogens is 1. The van der Waals surface area contributed by atoms with Crippen LogP contribution in [0, 0.1) is 12.3 Å². The molecule has 4 aromatic carbocycles. The number of ether oxygens (including phenoxy) is 4. The van der Waals surface area contributed by atoms with Gasteiger partial charge in [0.15, 0.2) is 5.78 Å². The van der Waals surface area contributed by atoms with E-state index in [4.69, 9.17) is 18.9 Å². The van der Waals surface area contributed by atoms with Gasteiger partial charge in [-0.2, -0.15) is 0 Å². The minimum Gasteiger partial charge on any atom is -0.508 e. The number of phenols is 2. The van der Waals surface area contributed by atoms with Crippen LogP contribution < -0.4 is 15.4 Å². The Labute approximate surface area is 446 Å². The number of nitrogens with zero attached hydrogens (tertiary/aromatic N) is 3. The molecule has 4 atom stereocenters. The smallest absolute Gasteiger partial charge is 0.246 e. The number of aromatic hydroxyl groups is 2. The Morgan fingerprint density at radius 3 is 2.08 bits per heavy atom. The van der Waals surface area contributed by atoms with Gasteiger partial charge < -0.3 is 49.8 Å². The number of hydrogen-bond donors (Lipinski definition) is 5. The molecule has 1 fully saturated rings. The Morgan fingerprint density at radius 1 is 0.800 bits per heavy atom. The first-order valence-corrected chi connectivity index (χ1v) is 27.1. The summed E-state index contributed by atoms with van der Waals surface area (Å²) in [5, 5.41) is 37.2. The van der Waals surface area contributed by atoms with Gasteiger partial charge in [-0.05, 0) is 109 Å². The molecule has 3 heterocycles. The van der Waals surface area contributed by atoms with E-state index < -0.39 is 29.5 Å². The van der Waals surface area contributed by atoms with Gasteiger partial charge in [-0.15, -0.1) is 22.7 Å². The molecule has 75 heavy (non-hydrogen) atoms. The number of fused-ring (bicyclic) bond motifs is 1. The second-order valence-corrected chi connectivity index (χ2v) is 21.5. The fraction of sp³-hybridized carbons (Fsp3) is 0.421. The number of thiazole rings is 1. The number of aliphatic hydroxyl groups excluding tert-OH is 1. The minimum atomic E-state index is -0.942. The summed E-state index contributed by atoms with van der Waals surface area (Å²) < 4.78 is 23.9. The van der Waals surface area contributed by atoms with Crippen molar-refractivity contribution in [2.75, 3.05) is 72.4 Å². The van der Waals surface area contributed by atoms with E-state index in [2.05, 4.69) is 27.4 Å². The van der Waals surface area contributed by atoms with Crippen molar-refractivity contribution in [2.45, 2.75) is 78.6 Å². The lowest BCUT2D eigenvalue weighted by molar-refractivity contribution is -0.144. The summed E-state index contributed by atoms with van der Waals surface area (Å²) in [6.07, 6.45) is -0.762. The first-order chi connectivity index (χ1) is 36.0. The number of benzene rings is 4. The predicted molar refractivity (Wildman–Crippen MR) is 292 cm³/mol. The third-order valence-corrected chi connectivity index (χ3v) is 15.3. The maximum atomic E-state index is 14.1. The largest absolute Gasteiger partial charge is 0.508 e. The van der Waals surface area contributed by atoms with Crippen LogP contribution in [0.4, 0.5) is 0 Å². The van der Waals surface area contributed by atoms with Gasteiger partial charge in [-0.25, -0.2) is 4.98 Å². The number of carbonyl (C=O) groups is 4. The van der Waals surface area contributed by atoms with Gasteiger partial charge in [-0.1, -0.05) is 52.0 Å². The molecule has 1 aliphatic rings. The van der Waals surface area contributed by atoms with E-state index in [9.17, 15) is 34.5 Å². The fourth-order valence-corrected chi connectivity index (χ4v) is 10.9. The van der Waals surface area contributed by atoms with E-state index >= 15 is 0 Å². The average molecular weight is 1060 g/mol. The van der Waals surface area contributed by atoms with Crippen LogP contribution in [0.2, 0.25) is 0 Å². The van der Waals surface area contributed by atoms with Crippen LogP contribution in [0.25, 0.3) is 31.0 Å². The molecule has 2 aromatic heterocycles. The van der Waals surface area contributed by atoms with Gasteiger partial charge in [0, 0.05) is 58.6 Å². The zero-order chi connectivity index (χ0) is 53.6. The molecule has 6 aromatic rings. The highest BCUT2D eigenvalue weighted by Crippen LogP contribution is 2.42. The Bertz CT molecular complexity index is 2850. The van der Waals surface area contributed by atoms with Gasteiger partial charge in [-0.3, -0.25) is 24.1 Å². The highest BCUT2D eigenvalue weighted by atomic mass is 32.1. The molecular weight excluding hydrogens is 995 g/mol. The normalized spacial score (nSPS) is 15.5. The third kappa shape index (κ3) is 15.2. The molecule has 0 unspecified atom stereocenters. The molecule has 1 saturated heterocycles. The lowest BCUT2D eigenvalue weighted by atomic mass is 9.85. The van der Waals surface area contributed by atoms with E-state index in [1.807, 2.05) is 64.4 Å². The summed E-state index contributed by atoms with van der Waals surface area (Å²) in [5.74, 6) is -0.408. The van der Waals surface area contributed by atoms with Crippen LogP contribution >= 0.6 is 22.7 Å². The number of β-amino-alcohol motifs (C(OH)–C–C–N with tert-alkyl or cyclic N) is 1. The van der Waals surface area contributed by atoms with Crippen LogP contribution in [0.3, 0.4) is 0 Å². The summed E-state index contributed by atoms with van der Waals surface area (Å²) in [6.45, 7) is 16.1. The quantitative estimate of drug-likeness (QED) is 0.0257. The molecule has 5 N–H and O–H groups in total. The molecule has 0 radical (unpaired) electrons. The SMILES string of the molecule is CCN(CCOCCOCCOCCC(=O)N[C@H](C(=O)N1C[C@H](O)C[C@H]1C(=O)N[C@@H](C)c1ccc(-c2scnc2C)cc1)C(C)(C)C)CCOc1ccc(C(=O)c2c(-c3ccc(O)cc3)sc3cc(O)ccc23)cc1. The van der Waals surface area contributed by atoms with E-state index in [0.29, 0.717) is 63.0 Å². The lowest BCUT2D eigenvalue weighted by Gasteiger charge is -2.35. The lowest BCUT2D eigenvalue weighted by Crippen LogP contribution is -2.58. The third-order valence-electron chi connectivity index (χ3n) is 13.1. The number of carbonyl (C=O) groups excluding carboxylic acids is 4. The number of likely N-dealkylation sites (N-methyl/N-ethyl adjacent to an activating group) is 1. The number of aliphatic hydroxyl groups is 1. The summed E-state index contributed by atoms with van der Waals surface area (Å²) in [5.41, 5.74) is 5.88. The Balaban J connectivity index is 0.754. The fourth-order valence-electron chi connectivity index (χ4n) is 8.84. The number of likely N-dealkylation sites (tertiary alicyclic amines) is 1. The number of phenolic OH excluding ortho intramolecular Hbond substituents is 2. The van der Waals surface area contributed by atoms with Crippen molar-refractivity contribution in [3.8, 4) is 38.1 Å². The number of rotatable bonds is 26. The molecule has 400 valence electrons. The molecule has 16 nitrogen and oxygen atoms in total. The summed E-state index contributed by atoms with van der Waals surface area (Å²) in [4.78, 5) is 64.6. The van der Waals surface area contributed by atoms with Crippen LogP contribution in [-0.4, -0.2) is 144 Å². The molecule has 3 amide bonds. The van der Waals surface area contributed by atoms with E-state index in [1.54, 1.807) is 78.1 Å². The van der Waals surface area contributed by atoms with E-state index in [1.165, 1.54) is 16.2 Å². The van der Waals surface area contributed by atoms with Gasteiger partial charge in [0.1, 0.15) is 35.9 Å². The second kappa shape index (κ2) is 26.5. The van der Waals surface area contributed by atoms with Gasteiger partial charge >= 0.3 is 0 Å². The molecule has 0 spiro atoms. The van der Waals surface area contributed by atoms with Crippen molar-refractivity contribution < 1.29 is 53.4 Å². The van der Waals surface area contributed by atoms with E-state index in [0.717, 1.165) is 48.8 Å². The molecular formula is C57H69N5O11S2. The Hall–Kier alpha value is -6.25. The van der Waals surface area contributed by atoms with Crippen LogP contribution in [-0.2, 0) is 28.6 Å². The number of ketones is 1. The van der Waals surface area contributed by atoms with Gasteiger partial charge in [0.05, 0.1) is 67.9 Å². The maximum absolute atomic E-state index is 14.1. The zero-order valence-corrected chi connectivity index (χ0v) is 45.1. The van der Waals surface area contributed by atoms with Crippen molar-refractivity contribution in [3.05, 3.63) is 119 Å². The molecule has 0 saturated carbocycles. The van der Waals surface area contributed by atoms with Crippen molar-refractivity contribution in [2.24, 2.45) is 5.41 Å². The number of aryl methyl sites for hydroxylation is 1. The molecule has 1 aliphatic heterocycles. The topological polar surface area (TPSA) is 209 Å². The van der Waals surface area contributed by atoms with Crippen molar-refractivity contribution >= 4 is 56.3 Å². The number of nitrogens with one attached hydrogen (secondary N) is 2. The number of amides is 3. The molecule has 0 aliphatic carbocycles. The maximum Gasteiger partial charge on any atom is 0.246 e. The van der Waals surface area contributed by atoms with Crippen molar-refractivity contribution in [3.63, 3.8) is 0 Å². The van der Waals surface area contributed by atoms with Crippen molar-refractivity contribution in [1.82, 2.24) is 25.4 Å².